The monoisotopic (exact) mass is 253 g/mol. The Bertz CT molecular complexity index is 443. The molecule has 0 radical (unpaired) electrons. The lowest BCUT2D eigenvalue weighted by Gasteiger charge is -2.14. The standard InChI is InChI=1S/C12H15NO3S/c1-9-3-2-4-10(13(14)15)11(9)16-7-12(8-17)5-6-12/h2-4,17H,5-8H2,1H3. The number of benzene rings is 1. The van der Waals surface area contributed by atoms with Gasteiger partial charge in [0.15, 0.2) is 5.75 Å². The van der Waals surface area contributed by atoms with Crippen LogP contribution in [0.2, 0.25) is 0 Å². The first-order valence-electron chi connectivity index (χ1n) is 5.56. The maximum absolute atomic E-state index is 10.9. The van der Waals surface area contributed by atoms with Gasteiger partial charge in [-0.2, -0.15) is 12.6 Å². The number of hydrogen-bond acceptors (Lipinski definition) is 4. The van der Waals surface area contributed by atoms with Crippen LogP contribution in [0.1, 0.15) is 18.4 Å². The van der Waals surface area contributed by atoms with Crippen LogP contribution in [0.4, 0.5) is 5.69 Å². The van der Waals surface area contributed by atoms with E-state index in [9.17, 15) is 10.1 Å². The molecule has 0 aromatic heterocycles. The van der Waals surface area contributed by atoms with E-state index in [1.54, 1.807) is 6.07 Å². The van der Waals surface area contributed by atoms with E-state index in [2.05, 4.69) is 12.6 Å². The highest BCUT2D eigenvalue weighted by Gasteiger charge is 2.42. The molecule has 1 aromatic rings. The van der Waals surface area contributed by atoms with Crippen molar-refractivity contribution in [2.45, 2.75) is 19.8 Å². The van der Waals surface area contributed by atoms with Gasteiger partial charge < -0.3 is 4.74 Å². The van der Waals surface area contributed by atoms with Crippen molar-refractivity contribution in [3.63, 3.8) is 0 Å². The average molecular weight is 253 g/mol. The molecule has 0 aliphatic heterocycles. The van der Waals surface area contributed by atoms with Gasteiger partial charge >= 0.3 is 5.69 Å². The fraction of sp³-hybridized carbons (Fsp3) is 0.500. The third-order valence-corrected chi connectivity index (χ3v) is 3.87. The second-order valence-electron chi connectivity index (χ2n) is 4.63. The summed E-state index contributed by atoms with van der Waals surface area (Å²) in [6.45, 7) is 2.34. The molecule has 0 atom stereocenters. The molecule has 1 aliphatic carbocycles. The predicted octanol–water partition coefficient (Wildman–Crippen LogP) is 2.99. The number of aryl methyl sites for hydroxylation is 1. The lowest BCUT2D eigenvalue weighted by Crippen LogP contribution is -2.15. The second kappa shape index (κ2) is 4.56. The van der Waals surface area contributed by atoms with Gasteiger partial charge in [-0.1, -0.05) is 12.1 Å². The third-order valence-electron chi connectivity index (χ3n) is 3.20. The van der Waals surface area contributed by atoms with Crippen molar-refractivity contribution in [3.8, 4) is 5.75 Å². The number of nitrogens with zero attached hydrogens (tertiary/aromatic N) is 1. The minimum absolute atomic E-state index is 0.0416. The molecule has 4 nitrogen and oxygen atoms in total. The van der Waals surface area contributed by atoms with Crippen LogP contribution in [-0.4, -0.2) is 17.3 Å². The molecule has 0 spiro atoms. The van der Waals surface area contributed by atoms with Gasteiger partial charge in [-0.3, -0.25) is 10.1 Å². The summed E-state index contributed by atoms with van der Waals surface area (Å²) in [7, 11) is 0. The molecule has 5 heteroatoms. The van der Waals surface area contributed by atoms with Crippen molar-refractivity contribution in [2.24, 2.45) is 5.41 Å². The first-order chi connectivity index (χ1) is 8.08. The zero-order valence-electron chi connectivity index (χ0n) is 9.68. The number of rotatable bonds is 5. The van der Waals surface area contributed by atoms with Crippen LogP contribution in [0.15, 0.2) is 18.2 Å². The Hall–Kier alpha value is -1.23. The van der Waals surface area contributed by atoms with Gasteiger partial charge in [0.25, 0.3) is 0 Å². The highest BCUT2D eigenvalue weighted by molar-refractivity contribution is 7.80. The molecule has 17 heavy (non-hydrogen) atoms. The maximum atomic E-state index is 10.9. The molecule has 0 bridgehead atoms. The van der Waals surface area contributed by atoms with Crippen molar-refractivity contribution >= 4 is 18.3 Å². The Balaban J connectivity index is 2.17. The first kappa shape index (κ1) is 12.2. The molecule has 0 saturated heterocycles. The minimum Gasteiger partial charge on any atom is -0.486 e. The largest absolute Gasteiger partial charge is 0.486 e. The van der Waals surface area contributed by atoms with Crippen LogP contribution in [0, 0.1) is 22.5 Å². The highest BCUT2D eigenvalue weighted by Crippen LogP contribution is 2.47. The molecule has 1 fully saturated rings. The molecule has 1 aliphatic rings. The normalized spacial score (nSPS) is 16.6. The number of thiol groups is 1. The Morgan fingerprint density at radius 3 is 2.76 bits per heavy atom. The van der Waals surface area contributed by atoms with E-state index in [4.69, 9.17) is 4.74 Å². The van der Waals surface area contributed by atoms with Crippen molar-refractivity contribution < 1.29 is 9.66 Å². The van der Waals surface area contributed by atoms with Gasteiger partial charge in [0.1, 0.15) is 0 Å². The van der Waals surface area contributed by atoms with E-state index < -0.39 is 4.92 Å². The van der Waals surface area contributed by atoms with Crippen LogP contribution in [0.3, 0.4) is 0 Å². The summed E-state index contributed by atoms with van der Waals surface area (Å²) < 4.78 is 5.66. The van der Waals surface area contributed by atoms with Gasteiger partial charge in [0.2, 0.25) is 0 Å². The van der Waals surface area contributed by atoms with Gasteiger partial charge in [-0.25, -0.2) is 0 Å². The number of ether oxygens (including phenoxy) is 1. The molecule has 2 rings (SSSR count). The van der Waals surface area contributed by atoms with Crippen molar-refractivity contribution in [3.05, 3.63) is 33.9 Å². The molecule has 0 amide bonds. The van der Waals surface area contributed by atoms with Gasteiger partial charge in [0, 0.05) is 11.5 Å². The van der Waals surface area contributed by atoms with E-state index in [1.807, 2.05) is 13.0 Å². The van der Waals surface area contributed by atoms with Crippen LogP contribution < -0.4 is 4.74 Å². The Labute approximate surface area is 106 Å². The number of nitro groups is 1. The van der Waals surface area contributed by atoms with Crippen LogP contribution in [-0.2, 0) is 0 Å². The highest BCUT2D eigenvalue weighted by atomic mass is 32.1. The summed E-state index contributed by atoms with van der Waals surface area (Å²) in [5, 5.41) is 10.9. The summed E-state index contributed by atoms with van der Waals surface area (Å²) in [4.78, 5) is 10.5. The molecule has 92 valence electrons. The smallest absolute Gasteiger partial charge is 0.311 e. The van der Waals surface area contributed by atoms with Crippen LogP contribution in [0.5, 0.6) is 5.75 Å². The lowest BCUT2D eigenvalue weighted by molar-refractivity contribution is -0.386. The zero-order valence-corrected chi connectivity index (χ0v) is 10.6. The zero-order chi connectivity index (χ0) is 12.5. The number of nitro benzene ring substituents is 1. The summed E-state index contributed by atoms with van der Waals surface area (Å²) in [6.07, 6.45) is 2.19. The summed E-state index contributed by atoms with van der Waals surface area (Å²) >= 11 is 4.29. The molecule has 0 N–H and O–H groups in total. The molecule has 1 aromatic carbocycles. The molecule has 1 saturated carbocycles. The van der Waals surface area contributed by atoms with Crippen LogP contribution >= 0.6 is 12.6 Å². The van der Waals surface area contributed by atoms with Gasteiger partial charge in [-0.05, 0) is 31.1 Å². The Morgan fingerprint density at radius 2 is 2.24 bits per heavy atom. The molecule has 0 heterocycles. The topological polar surface area (TPSA) is 52.4 Å². The van der Waals surface area contributed by atoms with Crippen LogP contribution in [0.25, 0.3) is 0 Å². The predicted molar refractivity (Wildman–Crippen MR) is 68.8 cm³/mol. The number of para-hydroxylation sites is 1. The molecule has 0 unspecified atom stereocenters. The van der Waals surface area contributed by atoms with E-state index in [0.29, 0.717) is 12.4 Å². The lowest BCUT2D eigenvalue weighted by atomic mass is 10.1. The van der Waals surface area contributed by atoms with E-state index >= 15 is 0 Å². The fourth-order valence-corrected chi connectivity index (χ4v) is 2.13. The van der Waals surface area contributed by atoms with Gasteiger partial charge in [0.05, 0.1) is 11.5 Å². The quantitative estimate of drug-likeness (QED) is 0.498. The summed E-state index contributed by atoms with van der Waals surface area (Å²) in [5.74, 6) is 1.16. The molecular formula is C12H15NO3S. The Morgan fingerprint density at radius 1 is 1.53 bits per heavy atom. The van der Waals surface area contributed by atoms with E-state index in [0.717, 1.165) is 24.2 Å². The van der Waals surface area contributed by atoms with Gasteiger partial charge in [-0.15, -0.1) is 0 Å². The Kier molecular flexibility index (Phi) is 3.28. The second-order valence-corrected chi connectivity index (χ2v) is 4.94. The molecular weight excluding hydrogens is 238 g/mol. The minimum atomic E-state index is -0.400. The third kappa shape index (κ3) is 2.54. The summed E-state index contributed by atoms with van der Waals surface area (Å²) in [6, 6.07) is 4.97. The summed E-state index contributed by atoms with van der Waals surface area (Å²) in [5.41, 5.74) is 0.980. The average Bonchev–Trinajstić information content (AvgIpc) is 3.08. The van der Waals surface area contributed by atoms with Crippen molar-refractivity contribution in [1.29, 1.82) is 0 Å². The van der Waals surface area contributed by atoms with Crippen molar-refractivity contribution in [1.82, 2.24) is 0 Å². The SMILES string of the molecule is Cc1cccc([N+](=O)[O-])c1OCC1(CS)CC1. The van der Waals surface area contributed by atoms with E-state index in [-0.39, 0.29) is 11.1 Å². The van der Waals surface area contributed by atoms with E-state index in [1.165, 1.54) is 6.07 Å². The first-order valence-corrected chi connectivity index (χ1v) is 6.19. The maximum Gasteiger partial charge on any atom is 0.311 e. The fourth-order valence-electron chi connectivity index (χ4n) is 1.72. The van der Waals surface area contributed by atoms with Crippen molar-refractivity contribution in [2.75, 3.05) is 12.4 Å². The number of hydrogen-bond donors (Lipinski definition) is 1.